The molecule has 0 heterocycles. The molecular formula is C17H26N2O3S. The maximum absolute atomic E-state index is 12.1. The quantitative estimate of drug-likeness (QED) is 0.712. The van der Waals surface area contributed by atoms with E-state index in [1.165, 1.54) is 11.1 Å². The summed E-state index contributed by atoms with van der Waals surface area (Å²) < 4.78 is 24.2. The summed E-state index contributed by atoms with van der Waals surface area (Å²) in [5, 5.41) is 2.89. The second-order valence-corrected chi connectivity index (χ2v) is 8.41. The summed E-state index contributed by atoms with van der Waals surface area (Å²) in [6, 6.07) is 8.54. The molecule has 2 N–H and O–H groups in total. The third-order valence-electron chi connectivity index (χ3n) is 4.18. The molecule has 0 bridgehead atoms. The summed E-state index contributed by atoms with van der Waals surface area (Å²) in [5.74, 6) is 0.971. The maximum atomic E-state index is 12.1. The van der Waals surface area contributed by atoms with Crippen molar-refractivity contribution in [1.29, 1.82) is 0 Å². The number of hydrogen-bond donors (Lipinski definition) is 2. The fourth-order valence-corrected chi connectivity index (χ4v) is 3.19. The number of sulfonamides is 1. The number of nitrogens with one attached hydrogen (secondary N) is 2. The van der Waals surface area contributed by atoms with Gasteiger partial charge in [-0.2, -0.15) is 0 Å². The van der Waals surface area contributed by atoms with Gasteiger partial charge in [-0.3, -0.25) is 4.79 Å². The van der Waals surface area contributed by atoms with E-state index in [9.17, 15) is 13.2 Å². The molecule has 0 saturated heterocycles. The van der Waals surface area contributed by atoms with E-state index in [0.717, 1.165) is 12.7 Å². The van der Waals surface area contributed by atoms with E-state index in [-0.39, 0.29) is 11.8 Å². The molecule has 0 unspecified atom stereocenters. The maximum Gasteiger partial charge on any atom is 0.223 e. The van der Waals surface area contributed by atoms with Crippen molar-refractivity contribution in [2.75, 3.05) is 19.3 Å². The highest BCUT2D eigenvalue weighted by Gasteiger charge is 2.43. The molecule has 5 nitrogen and oxygen atoms in total. The highest BCUT2D eigenvalue weighted by molar-refractivity contribution is 7.88. The van der Waals surface area contributed by atoms with Gasteiger partial charge in [-0.15, -0.1) is 0 Å². The summed E-state index contributed by atoms with van der Waals surface area (Å²) in [6.07, 6.45) is 2.62. The van der Waals surface area contributed by atoms with E-state index in [1.54, 1.807) is 0 Å². The first-order valence-electron chi connectivity index (χ1n) is 8.10. The zero-order valence-corrected chi connectivity index (χ0v) is 14.8. The number of benzene rings is 1. The smallest absolute Gasteiger partial charge is 0.223 e. The Morgan fingerprint density at radius 1 is 1.22 bits per heavy atom. The molecule has 0 spiro atoms. The van der Waals surface area contributed by atoms with Gasteiger partial charge in [-0.1, -0.05) is 38.1 Å². The molecule has 2 atom stereocenters. The molecule has 0 aliphatic heterocycles. The normalized spacial score (nSPS) is 20.5. The fraction of sp³-hybridized carbons (Fsp3) is 0.588. The van der Waals surface area contributed by atoms with Crippen LogP contribution in [0, 0.1) is 5.92 Å². The lowest BCUT2D eigenvalue weighted by atomic mass is 10.00. The van der Waals surface area contributed by atoms with Crippen molar-refractivity contribution >= 4 is 15.9 Å². The van der Waals surface area contributed by atoms with Gasteiger partial charge in [0.25, 0.3) is 0 Å². The van der Waals surface area contributed by atoms with Crippen molar-refractivity contribution in [2.45, 2.75) is 38.5 Å². The summed E-state index contributed by atoms with van der Waals surface area (Å²) in [4.78, 5) is 12.1. The molecule has 2 rings (SSSR count). The van der Waals surface area contributed by atoms with Crippen LogP contribution in [0.15, 0.2) is 24.3 Å². The molecule has 6 heteroatoms. The molecular weight excluding hydrogens is 312 g/mol. The topological polar surface area (TPSA) is 75.3 Å². The lowest BCUT2D eigenvalue weighted by Crippen LogP contribution is -2.30. The van der Waals surface area contributed by atoms with Crippen LogP contribution >= 0.6 is 0 Å². The van der Waals surface area contributed by atoms with Crippen LogP contribution in [-0.4, -0.2) is 33.7 Å². The van der Waals surface area contributed by atoms with Gasteiger partial charge in [0.05, 0.1) is 6.26 Å². The lowest BCUT2D eigenvalue weighted by Gasteiger charge is -2.07. The van der Waals surface area contributed by atoms with E-state index < -0.39 is 10.0 Å². The van der Waals surface area contributed by atoms with Crippen LogP contribution in [-0.2, 0) is 14.8 Å². The third kappa shape index (κ3) is 5.62. The van der Waals surface area contributed by atoms with Gasteiger partial charge in [-0.25, -0.2) is 13.1 Å². The molecule has 23 heavy (non-hydrogen) atoms. The molecule has 128 valence electrons. The van der Waals surface area contributed by atoms with Gasteiger partial charge in [0.15, 0.2) is 0 Å². The first-order chi connectivity index (χ1) is 10.8. The highest BCUT2D eigenvalue weighted by Crippen LogP contribution is 2.47. The molecule has 1 aliphatic carbocycles. The summed E-state index contributed by atoms with van der Waals surface area (Å²) in [6.45, 7) is 5.18. The Kier molecular flexibility index (Phi) is 5.81. The van der Waals surface area contributed by atoms with Crippen molar-refractivity contribution < 1.29 is 13.2 Å². The van der Waals surface area contributed by atoms with E-state index in [1.807, 2.05) is 0 Å². The number of carbonyl (C=O) groups is 1. The van der Waals surface area contributed by atoms with Gasteiger partial charge in [0.1, 0.15) is 0 Å². The predicted molar refractivity (Wildman–Crippen MR) is 91.9 cm³/mol. The van der Waals surface area contributed by atoms with Crippen LogP contribution in [0.5, 0.6) is 0 Å². The van der Waals surface area contributed by atoms with Crippen LogP contribution in [0.1, 0.15) is 49.7 Å². The second kappa shape index (κ2) is 7.45. The average molecular weight is 338 g/mol. The van der Waals surface area contributed by atoms with Crippen molar-refractivity contribution in [1.82, 2.24) is 10.0 Å². The standard InChI is InChI=1S/C17H26N2O3S/c1-12(2)13-5-7-14(8-6-13)15-11-16(15)17(20)18-9-4-10-19-23(3,21)22/h5-8,12,15-16,19H,4,9-11H2,1-3H3,(H,18,20)/t15-,16+/m1/s1. The van der Waals surface area contributed by atoms with Gasteiger partial charge >= 0.3 is 0 Å². The fourth-order valence-electron chi connectivity index (χ4n) is 2.67. The second-order valence-electron chi connectivity index (χ2n) is 6.58. The minimum atomic E-state index is -3.15. The Hall–Kier alpha value is -1.40. The molecule has 1 fully saturated rings. The molecule has 1 amide bonds. The first-order valence-corrected chi connectivity index (χ1v) is 9.99. The van der Waals surface area contributed by atoms with Crippen LogP contribution in [0.25, 0.3) is 0 Å². The Morgan fingerprint density at radius 2 is 1.87 bits per heavy atom. The molecule has 1 saturated carbocycles. The van der Waals surface area contributed by atoms with Gasteiger partial charge in [0, 0.05) is 19.0 Å². The van der Waals surface area contributed by atoms with E-state index in [2.05, 4.69) is 48.2 Å². The molecule has 0 aromatic heterocycles. The summed E-state index contributed by atoms with van der Waals surface area (Å²) in [5.41, 5.74) is 2.54. The first kappa shape index (κ1) is 17.9. The molecule has 0 radical (unpaired) electrons. The lowest BCUT2D eigenvalue weighted by molar-refractivity contribution is -0.122. The third-order valence-corrected chi connectivity index (χ3v) is 4.90. The molecule has 1 aromatic carbocycles. The molecule has 1 aromatic rings. The van der Waals surface area contributed by atoms with E-state index >= 15 is 0 Å². The monoisotopic (exact) mass is 338 g/mol. The SMILES string of the molecule is CC(C)c1ccc([C@H]2C[C@@H]2C(=O)NCCCNS(C)(=O)=O)cc1. The zero-order valence-electron chi connectivity index (χ0n) is 14.0. The minimum absolute atomic E-state index is 0.0581. The van der Waals surface area contributed by atoms with Gasteiger partial charge in [0.2, 0.25) is 15.9 Å². The van der Waals surface area contributed by atoms with Crippen LogP contribution in [0.2, 0.25) is 0 Å². The number of amides is 1. The highest BCUT2D eigenvalue weighted by atomic mass is 32.2. The largest absolute Gasteiger partial charge is 0.356 e. The zero-order chi connectivity index (χ0) is 17.0. The number of rotatable bonds is 8. The minimum Gasteiger partial charge on any atom is -0.356 e. The number of hydrogen-bond acceptors (Lipinski definition) is 3. The summed E-state index contributed by atoms with van der Waals surface area (Å²) >= 11 is 0. The molecule has 1 aliphatic rings. The average Bonchev–Trinajstić information content (AvgIpc) is 3.26. The Labute approximate surface area is 138 Å². The van der Waals surface area contributed by atoms with Crippen molar-refractivity contribution in [2.24, 2.45) is 5.92 Å². The predicted octanol–water partition coefficient (Wildman–Crippen LogP) is 1.97. The van der Waals surface area contributed by atoms with Crippen molar-refractivity contribution in [3.05, 3.63) is 35.4 Å². The van der Waals surface area contributed by atoms with Gasteiger partial charge < -0.3 is 5.32 Å². The number of carbonyl (C=O) groups excluding carboxylic acids is 1. The van der Waals surface area contributed by atoms with Crippen LogP contribution < -0.4 is 10.0 Å². The Balaban J connectivity index is 1.72. The van der Waals surface area contributed by atoms with E-state index in [4.69, 9.17) is 0 Å². The van der Waals surface area contributed by atoms with Crippen molar-refractivity contribution in [3.8, 4) is 0 Å². The van der Waals surface area contributed by atoms with Crippen LogP contribution in [0.3, 0.4) is 0 Å². The van der Waals surface area contributed by atoms with Crippen LogP contribution in [0.4, 0.5) is 0 Å². The van der Waals surface area contributed by atoms with Crippen molar-refractivity contribution in [3.63, 3.8) is 0 Å². The summed E-state index contributed by atoms with van der Waals surface area (Å²) in [7, 11) is -3.15. The van der Waals surface area contributed by atoms with E-state index in [0.29, 0.717) is 31.3 Å². The Bertz CT molecular complexity index is 638. The Morgan fingerprint density at radius 3 is 2.43 bits per heavy atom. The van der Waals surface area contributed by atoms with Gasteiger partial charge in [-0.05, 0) is 35.8 Å².